The molecule has 0 fully saturated rings. The normalized spacial score (nSPS) is 11.0. The van der Waals surface area contributed by atoms with Crippen LogP contribution in [0, 0.1) is 0 Å². The zero-order chi connectivity index (χ0) is 31.3. The molecular weight excluding hydrogens is 564 g/mol. The third-order valence-corrected chi connectivity index (χ3v) is 7.37. The standard InChI is InChI=1S/C37H36N4O4/c42-36(40-44)19-9-1-2-12-26-45-35-25-24-34(32-17-10-11-18-33(32)35)37(43)39-38-27-28-20-22-31(23-21-28)41(29-13-5-3-6-14-29)30-15-7-4-8-16-30/h3-8,10-11,13-18,20-25,27,44H,1-2,9,12,19,26H2,(H,39,43)(H,40,42)/b38-27+. The lowest BCUT2D eigenvalue weighted by Gasteiger charge is -2.25. The van der Waals surface area contributed by atoms with Crippen molar-refractivity contribution in [3.8, 4) is 5.75 Å². The van der Waals surface area contributed by atoms with Crippen LogP contribution in [0.1, 0.15) is 48.0 Å². The van der Waals surface area contributed by atoms with Gasteiger partial charge in [0.05, 0.1) is 12.8 Å². The fraction of sp³-hybridized carbons (Fsp3) is 0.162. The molecule has 0 radical (unpaired) electrons. The number of fused-ring (bicyclic) bond motifs is 1. The summed E-state index contributed by atoms with van der Waals surface area (Å²) >= 11 is 0. The number of nitrogens with one attached hydrogen (secondary N) is 2. The molecule has 0 aromatic heterocycles. The van der Waals surface area contributed by atoms with E-state index in [1.54, 1.807) is 17.8 Å². The van der Waals surface area contributed by atoms with Gasteiger partial charge in [-0.05, 0) is 72.3 Å². The Kier molecular flexibility index (Phi) is 10.9. The van der Waals surface area contributed by atoms with Crippen molar-refractivity contribution < 1.29 is 19.5 Å². The molecule has 0 unspecified atom stereocenters. The summed E-state index contributed by atoms with van der Waals surface area (Å²) in [4.78, 5) is 26.4. The Morgan fingerprint density at radius 2 is 1.29 bits per heavy atom. The maximum absolute atomic E-state index is 13.1. The minimum Gasteiger partial charge on any atom is -0.493 e. The highest BCUT2D eigenvalue weighted by Crippen LogP contribution is 2.34. The Morgan fingerprint density at radius 1 is 0.689 bits per heavy atom. The molecule has 8 heteroatoms. The van der Waals surface area contributed by atoms with Crippen LogP contribution in [0.15, 0.2) is 126 Å². The number of hydrazone groups is 1. The smallest absolute Gasteiger partial charge is 0.271 e. The van der Waals surface area contributed by atoms with Crippen LogP contribution in [-0.4, -0.2) is 29.8 Å². The van der Waals surface area contributed by atoms with Crippen molar-refractivity contribution in [2.75, 3.05) is 11.5 Å². The van der Waals surface area contributed by atoms with Crippen molar-refractivity contribution in [3.05, 3.63) is 132 Å². The maximum atomic E-state index is 13.1. The number of anilines is 3. The van der Waals surface area contributed by atoms with Crippen molar-refractivity contribution in [1.82, 2.24) is 10.9 Å². The highest BCUT2D eigenvalue weighted by molar-refractivity contribution is 6.08. The number of carbonyl (C=O) groups excluding carboxylic acids is 2. The van der Waals surface area contributed by atoms with Crippen LogP contribution in [0.3, 0.4) is 0 Å². The van der Waals surface area contributed by atoms with E-state index < -0.39 is 0 Å². The second-order valence-electron chi connectivity index (χ2n) is 10.5. The number of rotatable bonds is 14. The second-order valence-corrected chi connectivity index (χ2v) is 10.5. The van der Waals surface area contributed by atoms with Crippen LogP contribution in [0.4, 0.5) is 17.1 Å². The van der Waals surface area contributed by atoms with E-state index >= 15 is 0 Å². The molecule has 228 valence electrons. The Hall–Kier alpha value is -5.47. The molecule has 5 aromatic rings. The van der Waals surface area contributed by atoms with Crippen LogP contribution < -0.4 is 20.5 Å². The van der Waals surface area contributed by atoms with Gasteiger partial charge in [0.15, 0.2) is 0 Å². The average Bonchev–Trinajstić information content (AvgIpc) is 3.09. The molecule has 0 saturated carbocycles. The summed E-state index contributed by atoms with van der Waals surface area (Å²) in [5.74, 6) is 0.0404. The zero-order valence-corrected chi connectivity index (χ0v) is 24.9. The lowest BCUT2D eigenvalue weighted by atomic mass is 10.0. The van der Waals surface area contributed by atoms with E-state index in [-0.39, 0.29) is 11.8 Å². The van der Waals surface area contributed by atoms with Crippen molar-refractivity contribution in [2.24, 2.45) is 5.10 Å². The molecule has 5 rings (SSSR count). The maximum Gasteiger partial charge on any atom is 0.271 e. The van der Waals surface area contributed by atoms with Gasteiger partial charge in [-0.2, -0.15) is 5.10 Å². The monoisotopic (exact) mass is 600 g/mol. The van der Waals surface area contributed by atoms with Crippen molar-refractivity contribution in [1.29, 1.82) is 0 Å². The number of benzene rings is 5. The second kappa shape index (κ2) is 15.8. The topological polar surface area (TPSA) is 103 Å². The number of hydroxylamine groups is 1. The summed E-state index contributed by atoms with van der Waals surface area (Å²) in [6, 6.07) is 39.6. The van der Waals surface area contributed by atoms with E-state index in [1.807, 2.05) is 91.0 Å². The molecule has 0 saturated heterocycles. The lowest BCUT2D eigenvalue weighted by Crippen LogP contribution is -2.18. The van der Waals surface area contributed by atoms with Gasteiger partial charge in [0.1, 0.15) is 5.75 Å². The van der Waals surface area contributed by atoms with Crippen LogP contribution in [0.5, 0.6) is 5.75 Å². The minimum atomic E-state index is -0.365. The Balaban J connectivity index is 1.20. The number of ether oxygens (including phenoxy) is 1. The Morgan fingerprint density at radius 3 is 1.96 bits per heavy atom. The van der Waals surface area contributed by atoms with E-state index in [1.165, 1.54) is 0 Å². The highest BCUT2D eigenvalue weighted by Gasteiger charge is 2.14. The quantitative estimate of drug-likeness (QED) is 0.0520. The Labute approximate surface area is 262 Å². The fourth-order valence-corrected chi connectivity index (χ4v) is 5.11. The molecule has 5 aromatic carbocycles. The molecule has 2 amide bonds. The van der Waals surface area contributed by atoms with E-state index in [2.05, 4.69) is 39.7 Å². The molecule has 45 heavy (non-hydrogen) atoms. The summed E-state index contributed by atoms with van der Waals surface area (Å²) < 4.78 is 6.04. The number of unbranched alkanes of at least 4 members (excludes halogenated alkanes) is 3. The van der Waals surface area contributed by atoms with E-state index in [9.17, 15) is 9.59 Å². The van der Waals surface area contributed by atoms with Crippen molar-refractivity contribution in [3.63, 3.8) is 0 Å². The SMILES string of the molecule is O=C(CCCCCCOc1ccc(C(=O)N/N=C/c2ccc(N(c3ccccc3)c3ccccc3)cc2)c2ccccc12)NO. The molecule has 0 aliphatic rings. The summed E-state index contributed by atoms with van der Waals surface area (Å²) in [5, 5.41) is 14.4. The first-order chi connectivity index (χ1) is 22.1. The Bertz CT molecular complexity index is 1690. The summed E-state index contributed by atoms with van der Waals surface area (Å²) in [7, 11) is 0. The van der Waals surface area contributed by atoms with Gasteiger partial charge in [-0.15, -0.1) is 0 Å². The van der Waals surface area contributed by atoms with Crippen molar-refractivity contribution >= 4 is 45.9 Å². The van der Waals surface area contributed by atoms with Gasteiger partial charge in [0.25, 0.3) is 5.91 Å². The summed E-state index contributed by atoms with van der Waals surface area (Å²) in [6.07, 6.45) is 5.28. The number of hydrogen-bond acceptors (Lipinski definition) is 6. The predicted octanol–water partition coefficient (Wildman–Crippen LogP) is 7.91. The van der Waals surface area contributed by atoms with Crippen LogP contribution >= 0.6 is 0 Å². The number of amides is 2. The molecule has 8 nitrogen and oxygen atoms in total. The molecule has 0 bridgehead atoms. The number of carbonyl (C=O) groups is 2. The summed E-state index contributed by atoms with van der Waals surface area (Å²) in [6.45, 7) is 0.527. The molecule has 3 N–H and O–H groups in total. The molecular formula is C37H36N4O4. The van der Waals surface area contributed by atoms with Gasteiger partial charge in [-0.3, -0.25) is 14.8 Å². The first kappa shape index (κ1) is 31.0. The number of nitrogens with zero attached hydrogens (tertiary/aromatic N) is 2. The van der Waals surface area contributed by atoms with Gasteiger partial charge in [0, 0.05) is 34.4 Å². The van der Waals surface area contributed by atoms with Crippen molar-refractivity contribution in [2.45, 2.75) is 32.1 Å². The third kappa shape index (κ3) is 8.34. The molecule has 0 atom stereocenters. The first-order valence-corrected chi connectivity index (χ1v) is 15.1. The van der Waals surface area contributed by atoms with Gasteiger partial charge >= 0.3 is 0 Å². The van der Waals surface area contributed by atoms with Gasteiger partial charge in [-0.25, -0.2) is 10.9 Å². The zero-order valence-electron chi connectivity index (χ0n) is 24.9. The van der Waals surface area contributed by atoms with Gasteiger partial charge in [0.2, 0.25) is 5.91 Å². The van der Waals surface area contributed by atoms with Gasteiger partial charge in [-0.1, -0.05) is 85.6 Å². The fourth-order valence-electron chi connectivity index (χ4n) is 5.11. The number of para-hydroxylation sites is 2. The molecule has 0 spiro atoms. The largest absolute Gasteiger partial charge is 0.493 e. The van der Waals surface area contributed by atoms with Crippen LogP contribution in [0.2, 0.25) is 0 Å². The highest BCUT2D eigenvalue weighted by atomic mass is 16.5. The average molecular weight is 601 g/mol. The minimum absolute atomic E-state index is 0.308. The number of hydrogen-bond donors (Lipinski definition) is 3. The van der Waals surface area contributed by atoms with Crippen LogP contribution in [-0.2, 0) is 4.79 Å². The molecule has 0 aliphatic heterocycles. The summed E-state index contributed by atoms with van der Waals surface area (Å²) in [5.41, 5.74) is 8.80. The van der Waals surface area contributed by atoms with E-state index in [0.29, 0.717) is 30.8 Å². The lowest BCUT2D eigenvalue weighted by molar-refractivity contribution is -0.129. The third-order valence-electron chi connectivity index (χ3n) is 7.37. The van der Waals surface area contributed by atoms with Crippen LogP contribution in [0.25, 0.3) is 10.8 Å². The first-order valence-electron chi connectivity index (χ1n) is 15.1. The van der Waals surface area contributed by atoms with Gasteiger partial charge < -0.3 is 9.64 Å². The molecule has 0 aliphatic carbocycles. The van der Waals surface area contributed by atoms with E-state index in [4.69, 9.17) is 9.94 Å². The van der Waals surface area contributed by atoms with E-state index in [0.717, 1.165) is 52.7 Å². The molecule has 0 heterocycles. The predicted molar refractivity (Wildman–Crippen MR) is 179 cm³/mol.